The Labute approximate surface area is 115 Å². The minimum absolute atomic E-state index is 0.0133. The lowest BCUT2D eigenvalue weighted by Crippen LogP contribution is -2.34. The molecule has 4 N–H and O–H groups in total. The number of amides is 1. The first-order chi connectivity index (χ1) is 9.20. The molecule has 0 aromatic heterocycles. The topological polar surface area (TPSA) is 144 Å². The highest BCUT2D eigenvalue weighted by atomic mass is 32.2. The van der Waals surface area contributed by atoms with E-state index >= 15 is 0 Å². The second kappa shape index (κ2) is 6.30. The van der Waals surface area contributed by atoms with Crippen molar-refractivity contribution in [2.75, 3.05) is 25.1 Å². The maximum absolute atomic E-state index is 11.8. The molecule has 1 rings (SSSR count). The van der Waals surface area contributed by atoms with Gasteiger partial charge in [-0.3, -0.25) is 14.9 Å². The summed E-state index contributed by atoms with van der Waals surface area (Å²) in [7, 11) is -3.33. The summed E-state index contributed by atoms with van der Waals surface area (Å²) in [4.78, 5) is 21.8. The van der Waals surface area contributed by atoms with Gasteiger partial charge in [0.25, 0.3) is 11.6 Å². The van der Waals surface area contributed by atoms with Crippen molar-refractivity contribution in [1.82, 2.24) is 10.0 Å². The third kappa shape index (κ3) is 4.82. The molecular formula is C10H14N4O5S. The van der Waals surface area contributed by atoms with E-state index in [4.69, 9.17) is 5.73 Å². The molecule has 0 spiro atoms. The van der Waals surface area contributed by atoms with E-state index in [0.29, 0.717) is 0 Å². The Kier molecular flexibility index (Phi) is 5.00. The second-order valence-electron chi connectivity index (χ2n) is 3.95. The Morgan fingerprint density at radius 3 is 2.60 bits per heavy atom. The Bertz CT molecular complexity index is 629. The summed E-state index contributed by atoms with van der Waals surface area (Å²) in [5.74, 6) is -0.610. The molecule has 0 aliphatic heterocycles. The smallest absolute Gasteiger partial charge is 0.270 e. The summed E-state index contributed by atoms with van der Waals surface area (Å²) >= 11 is 0. The van der Waals surface area contributed by atoms with Crippen LogP contribution in [0.4, 0.5) is 11.4 Å². The van der Waals surface area contributed by atoms with Crippen molar-refractivity contribution in [2.45, 2.75) is 0 Å². The van der Waals surface area contributed by atoms with Gasteiger partial charge in [-0.2, -0.15) is 0 Å². The summed E-state index contributed by atoms with van der Waals surface area (Å²) in [5.41, 5.74) is 5.39. The summed E-state index contributed by atoms with van der Waals surface area (Å²) in [6.45, 7) is 0.0490. The Morgan fingerprint density at radius 2 is 2.05 bits per heavy atom. The van der Waals surface area contributed by atoms with Crippen LogP contribution in [0.5, 0.6) is 0 Å². The minimum Gasteiger partial charge on any atom is -0.398 e. The Morgan fingerprint density at radius 1 is 1.40 bits per heavy atom. The summed E-state index contributed by atoms with van der Waals surface area (Å²) < 4.78 is 23.8. The number of nitrogens with zero attached hydrogens (tertiary/aromatic N) is 1. The van der Waals surface area contributed by atoms with Gasteiger partial charge >= 0.3 is 0 Å². The quantitative estimate of drug-likeness (QED) is 0.278. The molecule has 0 heterocycles. The number of nitrogen functional groups attached to an aromatic ring is 1. The predicted molar refractivity (Wildman–Crippen MR) is 72.7 cm³/mol. The minimum atomic E-state index is -3.33. The van der Waals surface area contributed by atoms with Gasteiger partial charge < -0.3 is 11.1 Å². The van der Waals surface area contributed by atoms with Crippen LogP contribution in [0, 0.1) is 10.1 Å². The van der Waals surface area contributed by atoms with Gasteiger partial charge in [0.15, 0.2) is 0 Å². The van der Waals surface area contributed by atoms with E-state index in [1.165, 1.54) is 12.1 Å². The van der Waals surface area contributed by atoms with Crippen molar-refractivity contribution in [3.8, 4) is 0 Å². The number of anilines is 1. The molecule has 0 atom stereocenters. The molecule has 0 unspecified atom stereocenters. The highest BCUT2D eigenvalue weighted by Gasteiger charge is 2.14. The van der Waals surface area contributed by atoms with Crippen molar-refractivity contribution in [3.63, 3.8) is 0 Å². The molecule has 0 aliphatic rings. The van der Waals surface area contributed by atoms with Crippen molar-refractivity contribution in [2.24, 2.45) is 0 Å². The van der Waals surface area contributed by atoms with Gasteiger partial charge in [0.05, 0.1) is 16.7 Å². The maximum Gasteiger partial charge on any atom is 0.270 e. The number of hydrogen-bond acceptors (Lipinski definition) is 6. The largest absolute Gasteiger partial charge is 0.398 e. The van der Waals surface area contributed by atoms with Gasteiger partial charge in [0.1, 0.15) is 0 Å². The van der Waals surface area contributed by atoms with Crippen LogP contribution in [0.25, 0.3) is 0 Å². The number of carbonyl (C=O) groups is 1. The Hall–Kier alpha value is -2.20. The van der Waals surface area contributed by atoms with Gasteiger partial charge in [-0.15, -0.1) is 0 Å². The lowest BCUT2D eigenvalue weighted by molar-refractivity contribution is -0.384. The third-order valence-electron chi connectivity index (χ3n) is 2.27. The summed E-state index contributed by atoms with van der Waals surface area (Å²) in [6, 6.07) is 3.52. The van der Waals surface area contributed by atoms with E-state index < -0.39 is 20.9 Å². The van der Waals surface area contributed by atoms with Crippen LogP contribution < -0.4 is 15.8 Å². The third-order valence-corrected chi connectivity index (χ3v) is 3.00. The van der Waals surface area contributed by atoms with E-state index in [1.54, 1.807) is 0 Å². The number of benzene rings is 1. The van der Waals surface area contributed by atoms with Crippen LogP contribution in [0.1, 0.15) is 10.4 Å². The molecule has 1 aromatic carbocycles. The molecule has 9 nitrogen and oxygen atoms in total. The normalized spacial score (nSPS) is 11.1. The highest BCUT2D eigenvalue weighted by molar-refractivity contribution is 7.88. The van der Waals surface area contributed by atoms with Crippen LogP contribution in [0.15, 0.2) is 18.2 Å². The molecule has 110 valence electrons. The van der Waals surface area contributed by atoms with Gasteiger partial charge in [0, 0.05) is 30.9 Å². The van der Waals surface area contributed by atoms with Crippen LogP contribution in [0.3, 0.4) is 0 Å². The summed E-state index contributed by atoms with van der Waals surface area (Å²) in [6.07, 6.45) is 0.993. The molecule has 0 bridgehead atoms. The van der Waals surface area contributed by atoms with E-state index in [-0.39, 0.29) is 30.0 Å². The first-order valence-electron chi connectivity index (χ1n) is 5.47. The van der Waals surface area contributed by atoms with Crippen LogP contribution >= 0.6 is 0 Å². The Balaban J connectivity index is 2.68. The molecule has 10 heteroatoms. The monoisotopic (exact) mass is 302 g/mol. The molecular weight excluding hydrogens is 288 g/mol. The van der Waals surface area contributed by atoms with Gasteiger partial charge in [-0.1, -0.05) is 0 Å². The van der Waals surface area contributed by atoms with E-state index in [0.717, 1.165) is 12.3 Å². The number of carbonyl (C=O) groups excluding carboxylic acids is 1. The molecule has 1 aromatic rings. The van der Waals surface area contributed by atoms with Gasteiger partial charge in [0.2, 0.25) is 10.0 Å². The zero-order valence-corrected chi connectivity index (χ0v) is 11.4. The fourth-order valence-corrected chi connectivity index (χ4v) is 1.84. The zero-order valence-electron chi connectivity index (χ0n) is 10.6. The lowest BCUT2D eigenvalue weighted by Gasteiger charge is -2.07. The predicted octanol–water partition coefficient (Wildman–Crippen LogP) is -0.544. The SMILES string of the molecule is CS(=O)(=O)NCCNC(=O)c1cc([N+](=O)[O-])ccc1N. The van der Waals surface area contributed by atoms with Crippen molar-refractivity contribution in [3.05, 3.63) is 33.9 Å². The molecule has 0 saturated carbocycles. The van der Waals surface area contributed by atoms with Gasteiger partial charge in [-0.25, -0.2) is 13.1 Å². The van der Waals surface area contributed by atoms with Crippen LogP contribution in [-0.4, -0.2) is 38.6 Å². The lowest BCUT2D eigenvalue weighted by atomic mass is 10.1. The number of sulfonamides is 1. The number of nitro benzene ring substituents is 1. The molecule has 1 amide bonds. The number of non-ortho nitro benzene ring substituents is 1. The number of rotatable bonds is 6. The fraction of sp³-hybridized carbons (Fsp3) is 0.300. The number of nitrogens with one attached hydrogen (secondary N) is 2. The van der Waals surface area contributed by atoms with Gasteiger partial charge in [-0.05, 0) is 6.07 Å². The number of nitrogens with two attached hydrogens (primary N) is 1. The van der Waals surface area contributed by atoms with Crippen molar-refractivity contribution < 1.29 is 18.1 Å². The first-order valence-corrected chi connectivity index (χ1v) is 7.36. The molecule has 0 radical (unpaired) electrons. The van der Waals surface area contributed by atoms with E-state index in [2.05, 4.69) is 10.0 Å². The molecule has 20 heavy (non-hydrogen) atoms. The first kappa shape index (κ1) is 15.9. The number of hydrogen-bond donors (Lipinski definition) is 3. The zero-order chi connectivity index (χ0) is 15.3. The molecule has 0 fully saturated rings. The number of nitro groups is 1. The highest BCUT2D eigenvalue weighted by Crippen LogP contribution is 2.19. The van der Waals surface area contributed by atoms with Crippen molar-refractivity contribution >= 4 is 27.3 Å². The van der Waals surface area contributed by atoms with E-state index in [1.807, 2.05) is 0 Å². The maximum atomic E-state index is 11.8. The standard InChI is InChI=1S/C10H14N4O5S/c1-20(18,19)13-5-4-12-10(15)8-6-7(14(16)17)2-3-9(8)11/h2-3,6,13H,4-5,11H2,1H3,(H,12,15). The summed E-state index contributed by atoms with van der Waals surface area (Å²) in [5, 5.41) is 13.0. The average molecular weight is 302 g/mol. The molecule has 0 aliphatic carbocycles. The van der Waals surface area contributed by atoms with Crippen LogP contribution in [-0.2, 0) is 10.0 Å². The van der Waals surface area contributed by atoms with Crippen LogP contribution in [0.2, 0.25) is 0 Å². The average Bonchev–Trinajstić information content (AvgIpc) is 2.33. The van der Waals surface area contributed by atoms with E-state index in [9.17, 15) is 23.3 Å². The fourth-order valence-electron chi connectivity index (χ4n) is 1.36. The molecule has 0 saturated heterocycles. The van der Waals surface area contributed by atoms with Crippen molar-refractivity contribution in [1.29, 1.82) is 0 Å². The second-order valence-corrected chi connectivity index (χ2v) is 5.78.